The Balaban J connectivity index is 1.45. The van der Waals surface area contributed by atoms with E-state index in [9.17, 15) is 4.39 Å². The van der Waals surface area contributed by atoms with Crippen LogP contribution >= 0.6 is 0 Å². The molecule has 3 atom stereocenters. The van der Waals surface area contributed by atoms with E-state index in [1.165, 1.54) is 18.9 Å². The molecule has 0 saturated carbocycles. The van der Waals surface area contributed by atoms with E-state index in [2.05, 4.69) is 23.6 Å². The van der Waals surface area contributed by atoms with Crippen molar-refractivity contribution in [2.45, 2.75) is 58.1 Å². The van der Waals surface area contributed by atoms with E-state index in [1.807, 2.05) is 0 Å². The summed E-state index contributed by atoms with van der Waals surface area (Å²) in [4.78, 5) is 5.01. The van der Waals surface area contributed by atoms with E-state index in [-0.39, 0.29) is 24.8 Å². The summed E-state index contributed by atoms with van der Waals surface area (Å²) in [7, 11) is 0. The number of hydrogen-bond acceptors (Lipinski definition) is 5. The van der Waals surface area contributed by atoms with Gasteiger partial charge in [0.25, 0.3) is 0 Å². The summed E-state index contributed by atoms with van der Waals surface area (Å²) in [6, 6.07) is 3.65. The van der Waals surface area contributed by atoms with Crippen LogP contribution in [0.25, 0.3) is 0 Å². The van der Waals surface area contributed by atoms with Gasteiger partial charge in [-0.1, -0.05) is 0 Å². The second-order valence-corrected chi connectivity index (χ2v) is 7.91. The topological polar surface area (TPSA) is 34.2 Å². The van der Waals surface area contributed by atoms with Crippen LogP contribution in [0.3, 0.4) is 0 Å². The highest BCUT2D eigenvalue weighted by molar-refractivity contribution is 5.42. The van der Waals surface area contributed by atoms with Crippen LogP contribution in [0.15, 0.2) is 12.1 Å². The van der Waals surface area contributed by atoms with Crippen molar-refractivity contribution in [3.05, 3.63) is 29.1 Å². The van der Waals surface area contributed by atoms with E-state index in [0.29, 0.717) is 12.6 Å². The van der Waals surface area contributed by atoms with Gasteiger partial charge in [0.1, 0.15) is 11.6 Å². The highest BCUT2D eigenvalue weighted by atomic mass is 19.1. The molecule has 1 aromatic rings. The lowest BCUT2D eigenvalue weighted by atomic mass is 10.1. The standard InChI is InChI=1S/C20H29FN2O3/c1-14-8-22(9-15(2)26-14)11-19-4-3-5-23(19)10-16-6-18(21)7-17-12-24-13-25-20(16)17/h6-7,14-15,19H,3-5,8-13H2,1-2H3. The van der Waals surface area contributed by atoms with Crippen LogP contribution in [0.4, 0.5) is 4.39 Å². The van der Waals surface area contributed by atoms with Gasteiger partial charge in [-0.25, -0.2) is 4.39 Å². The fourth-order valence-corrected chi connectivity index (χ4v) is 4.63. The number of fused-ring (bicyclic) bond motifs is 1. The Morgan fingerprint density at radius 2 is 2.00 bits per heavy atom. The Labute approximate surface area is 155 Å². The van der Waals surface area contributed by atoms with Gasteiger partial charge in [-0.3, -0.25) is 9.80 Å². The molecule has 3 unspecified atom stereocenters. The maximum Gasteiger partial charge on any atom is 0.189 e. The predicted octanol–water partition coefficient (Wildman–Crippen LogP) is 2.77. The largest absolute Gasteiger partial charge is 0.467 e. The maximum absolute atomic E-state index is 14.0. The zero-order valence-corrected chi connectivity index (χ0v) is 15.7. The summed E-state index contributed by atoms with van der Waals surface area (Å²) >= 11 is 0. The average Bonchev–Trinajstić information content (AvgIpc) is 3.00. The fourth-order valence-electron chi connectivity index (χ4n) is 4.63. The highest BCUT2D eigenvalue weighted by Crippen LogP contribution is 2.32. The molecule has 26 heavy (non-hydrogen) atoms. The molecule has 0 bridgehead atoms. The Hall–Kier alpha value is -1.21. The van der Waals surface area contributed by atoms with Crippen molar-refractivity contribution in [2.75, 3.05) is 33.0 Å². The van der Waals surface area contributed by atoms with Crippen LogP contribution in [0.2, 0.25) is 0 Å². The van der Waals surface area contributed by atoms with Gasteiger partial charge in [0.2, 0.25) is 0 Å². The molecule has 0 radical (unpaired) electrons. The normalized spacial score (nSPS) is 30.2. The van der Waals surface area contributed by atoms with Crippen LogP contribution in [0, 0.1) is 5.82 Å². The Bertz CT molecular complexity index is 632. The van der Waals surface area contributed by atoms with E-state index in [4.69, 9.17) is 14.2 Å². The molecule has 5 nitrogen and oxygen atoms in total. The third-order valence-electron chi connectivity index (χ3n) is 5.59. The number of ether oxygens (including phenoxy) is 3. The van der Waals surface area contributed by atoms with Crippen LogP contribution in [-0.2, 0) is 22.6 Å². The molecular weight excluding hydrogens is 335 g/mol. The van der Waals surface area contributed by atoms with Gasteiger partial charge in [-0.05, 0) is 45.4 Å². The first-order valence-corrected chi connectivity index (χ1v) is 9.72. The zero-order valence-electron chi connectivity index (χ0n) is 15.7. The summed E-state index contributed by atoms with van der Waals surface area (Å²) in [5, 5.41) is 0. The number of rotatable bonds is 4. The molecular formula is C20H29FN2O3. The minimum absolute atomic E-state index is 0.209. The number of halogens is 1. The molecule has 6 heteroatoms. The molecule has 2 saturated heterocycles. The third-order valence-corrected chi connectivity index (χ3v) is 5.59. The molecule has 0 N–H and O–H groups in total. The van der Waals surface area contributed by atoms with Crippen molar-refractivity contribution in [3.8, 4) is 5.75 Å². The van der Waals surface area contributed by atoms with Gasteiger partial charge in [0.15, 0.2) is 6.79 Å². The van der Waals surface area contributed by atoms with Gasteiger partial charge in [-0.15, -0.1) is 0 Å². The van der Waals surface area contributed by atoms with Crippen molar-refractivity contribution < 1.29 is 18.6 Å². The highest BCUT2D eigenvalue weighted by Gasteiger charge is 2.31. The Morgan fingerprint density at radius 1 is 1.19 bits per heavy atom. The van der Waals surface area contributed by atoms with Crippen molar-refractivity contribution in [1.29, 1.82) is 0 Å². The third kappa shape index (κ3) is 4.03. The zero-order chi connectivity index (χ0) is 18.1. The lowest BCUT2D eigenvalue weighted by Gasteiger charge is -2.38. The predicted molar refractivity (Wildman–Crippen MR) is 96.6 cm³/mol. The summed E-state index contributed by atoms with van der Waals surface area (Å²) < 4.78 is 30.9. The second-order valence-electron chi connectivity index (χ2n) is 7.91. The van der Waals surface area contributed by atoms with Crippen molar-refractivity contribution in [1.82, 2.24) is 9.80 Å². The van der Waals surface area contributed by atoms with Gasteiger partial charge in [-0.2, -0.15) is 0 Å². The maximum atomic E-state index is 14.0. The molecule has 3 aliphatic rings. The molecule has 3 heterocycles. The quantitative estimate of drug-likeness (QED) is 0.821. The molecule has 4 rings (SSSR count). The molecule has 144 valence electrons. The van der Waals surface area contributed by atoms with E-state index >= 15 is 0 Å². The number of likely N-dealkylation sites (tertiary alicyclic amines) is 1. The van der Waals surface area contributed by atoms with E-state index < -0.39 is 0 Å². The summed E-state index contributed by atoms with van der Waals surface area (Å²) in [5.74, 6) is 0.608. The SMILES string of the molecule is CC1CN(CC2CCCN2Cc2cc(F)cc3c2OCOC3)CC(C)O1. The van der Waals surface area contributed by atoms with E-state index in [0.717, 1.165) is 49.6 Å². The smallest absolute Gasteiger partial charge is 0.189 e. The molecule has 0 aliphatic carbocycles. The molecule has 1 aromatic carbocycles. The molecule has 3 aliphatic heterocycles. The summed E-state index contributed by atoms with van der Waals surface area (Å²) in [6.45, 7) is 9.79. The second kappa shape index (κ2) is 7.80. The molecule has 0 spiro atoms. The first-order chi connectivity index (χ1) is 12.6. The minimum Gasteiger partial charge on any atom is -0.467 e. The number of morpholine rings is 1. The fraction of sp³-hybridized carbons (Fsp3) is 0.700. The Morgan fingerprint density at radius 3 is 2.81 bits per heavy atom. The van der Waals surface area contributed by atoms with Crippen LogP contribution in [0.1, 0.15) is 37.8 Å². The lowest BCUT2D eigenvalue weighted by molar-refractivity contribution is -0.0724. The van der Waals surface area contributed by atoms with Crippen molar-refractivity contribution in [3.63, 3.8) is 0 Å². The van der Waals surface area contributed by atoms with Gasteiger partial charge >= 0.3 is 0 Å². The van der Waals surface area contributed by atoms with Gasteiger partial charge in [0.05, 0.1) is 18.8 Å². The van der Waals surface area contributed by atoms with Crippen molar-refractivity contribution in [2.24, 2.45) is 0 Å². The van der Waals surface area contributed by atoms with Crippen molar-refractivity contribution >= 4 is 0 Å². The molecule has 0 amide bonds. The lowest BCUT2D eigenvalue weighted by Crippen LogP contribution is -2.50. The number of nitrogens with zero attached hydrogens (tertiary/aromatic N) is 2. The minimum atomic E-state index is -0.209. The van der Waals surface area contributed by atoms with Gasteiger partial charge < -0.3 is 14.2 Å². The number of hydrogen-bond donors (Lipinski definition) is 0. The summed E-state index contributed by atoms with van der Waals surface area (Å²) in [5.41, 5.74) is 1.76. The summed E-state index contributed by atoms with van der Waals surface area (Å²) in [6.07, 6.45) is 2.97. The molecule has 0 aromatic heterocycles. The van der Waals surface area contributed by atoms with E-state index in [1.54, 1.807) is 6.07 Å². The Kier molecular flexibility index (Phi) is 5.45. The first-order valence-electron chi connectivity index (χ1n) is 9.72. The van der Waals surface area contributed by atoms with Crippen LogP contribution in [0.5, 0.6) is 5.75 Å². The number of benzene rings is 1. The van der Waals surface area contributed by atoms with Gasteiger partial charge in [0, 0.05) is 43.3 Å². The first kappa shape index (κ1) is 18.2. The average molecular weight is 364 g/mol. The monoisotopic (exact) mass is 364 g/mol. The van der Waals surface area contributed by atoms with Crippen LogP contribution < -0.4 is 4.74 Å². The molecule has 2 fully saturated rings. The van der Waals surface area contributed by atoms with Crippen LogP contribution in [-0.4, -0.2) is 61.0 Å².